The fraction of sp³-hybridized carbons (Fsp3) is 0.526. The molecule has 0 radical (unpaired) electrons. The average Bonchev–Trinajstić information content (AvgIpc) is 3.46. The van der Waals surface area contributed by atoms with Gasteiger partial charge in [0.1, 0.15) is 0 Å². The Morgan fingerprint density at radius 1 is 0.543 bits per heavy atom. The average molecular weight is 674 g/mol. The Bertz CT molecular complexity index is 1280. The van der Waals surface area contributed by atoms with Crippen molar-refractivity contribution in [1.82, 2.24) is 9.80 Å². The van der Waals surface area contributed by atoms with E-state index in [0.717, 1.165) is 37.3 Å². The van der Waals surface area contributed by atoms with Gasteiger partial charge >= 0.3 is 0 Å². The molecule has 0 spiro atoms. The number of ether oxygens (including phenoxy) is 4. The van der Waals surface area contributed by atoms with E-state index < -0.39 is 0 Å². The third kappa shape index (κ3) is 8.83. The predicted molar refractivity (Wildman–Crippen MR) is 193 cm³/mol. The van der Waals surface area contributed by atoms with Gasteiger partial charge in [-0.1, -0.05) is 92.8 Å². The summed E-state index contributed by atoms with van der Waals surface area (Å²) in [5.41, 5.74) is 5.19. The van der Waals surface area contributed by atoms with Crippen LogP contribution in [0.5, 0.6) is 23.0 Å². The summed E-state index contributed by atoms with van der Waals surface area (Å²) in [5.74, 6) is 2.78. The maximum atomic E-state index is 5.94. The van der Waals surface area contributed by atoms with Crippen molar-refractivity contribution in [1.29, 1.82) is 0 Å². The van der Waals surface area contributed by atoms with E-state index in [1.54, 1.807) is 28.4 Å². The van der Waals surface area contributed by atoms with Gasteiger partial charge in [-0.05, 0) is 43.4 Å². The highest BCUT2D eigenvalue weighted by Crippen LogP contribution is 2.57. The molecule has 1 fully saturated rings. The van der Waals surface area contributed by atoms with Gasteiger partial charge in [0.25, 0.3) is 0 Å². The molecule has 3 aromatic rings. The highest BCUT2D eigenvalue weighted by molar-refractivity contribution is 5.85. The van der Waals surface area contributed by atoms with Gasteiger partial charge < -0.3 is 23.8 Å². The van der Waals surface area contributed by atoms with Crippen LogP contribution in [0, 0.1) is 0 Å². The Labute approximate surface area is 289 Å². The van der Waals surface area contributed by atoms with Gasteiger partial charge in [-0.25, -0.2) is 0 Å². The molecule has 5 rings (SSSR count). The minimum Gasteiger partial charge on any atom is -0.492 e. The second-order valence-corrected chi connectivity index (χ2v) is 12.6. The van der Waals surface area contributed by atoms with Crippen molar-refractivity contribution in [2.45, 2.75) is 69.7 Å². The molecule has 1 saturated heterocycles. The van der Waals surface area contributed by atoms with E-state index in [0.29, 0.717) is 11.5 Å². The minimum absolute atomic E-state index is 0. The maximum Gasteiger partial charge on any atom is 0.207 e. The number of halogens is 2. The molecular formula is C38H54Cl2N2O4. The molecular weight excluding hydrogens is 619 g/mol. The zero-order valence-corrected chi connectivity index (χ0v) is 29.9. The van der Waals surface area contributed by atoms with Crippen molar-refractivity contribution in [2.75, 3.05) is 61.2 Å². The van der Waals surface area contributed by atoms with Crippen LogP contribution in [0.2, 0.25) is 0 Å². The molecule has 6 nitrogen and oxygen atoms in total. The lowest BCUT2D eigenvalue weighted by Crippen LogP contribution is -2.46. The van der Waals surface area contributed by atoms with E-state index in [1.165, 1.54) is 93.5 Å². The van der Waals surface area contributed by atoms with Crippen LogP contribution in [-0.2, 0) is 24.8 Å². The van der Waals surface area contributed by atoms with Crippen molar-refractivity contribution in [2.24, 2.45) is 0 Å². The van der Waals surface area contributed by atoms with E-state index in [2.05, 4.69) is 70.5 Å². The fourth-order valence-corrected chi connectivity index (χ4v) is 7.51. The summed E-state index contributed by atoms with van der Waals surface area (Å²) in [6, 6.07) is 21.9. The number of rotatable bonds is 16. The maximum absolute atomic E-state index is 5.94. The smallest absolute Gasteiger partial charge is 0.207 e. The number of hydrogen-bond acceptors (Lipinski definition) is 6. The predicted octanol–water partition coefficient (Wildman–Crippen LogP) is 8.15. The van der Waals surface area contributed by atoms with Gasteiger partial charge in [0.05, 0.1) is 28.4 Å². The van der Waals surface area contributed by atoms with Crippen LogP contribution in [0.3, 0.4) is 0 Å². The van der Waals surface area contributed by atoms with Crippen molar-refractivity contribution in [3.63, 3.8) is 0 Å². The number of fused-ring (bicyclic) bond motifs is 1. The van der Waals surface area contributed by atoms with Gasteiger partial charge in [0.2, 0.25) is 11.5 Å². The lowest BCUT2D eigenvalue weighted by molar-refractivity contribution is 0.125. The number of unbranched alkanes of at least 4 members (excludes halogenated alkanes) is 5. The highest BCUT2D eigenvalue weighted by Gasteiger charge is 2.44. The third-order valence-corrected chi connectivity index (χ3v) is 9.86. The summed E-state index contributed by atoms with van der Waals surface area (Å²) in [6.07, 6.45) is 10.7. The molecule has 0 aromatic heterocycles. The second kappa shape index (κ2) is 18.6. The van der Waals surface area contributed by atoms with E-state index in [1.807, 2.05) is 0 Å². The molecule has 3 aromatic carbocycles. The Kier molecular flexibility index (Phi) is 15.3. The standard InChI is InChI=1S/C38H52N2O4.2ClH/c1-41-34-32-27-38(31-19-13-10-14-20-31,28-33(32)35(42-2)37(44-4)36(34)43-3)21-15-7-5-6-8-16-22-39-23-25-40(26-24-39)29-30-17-11-9-12-18-30;;/h9-14,17-20H,5-8,15-16,21-29H2,1-4H3;2*1H. The van der Waals surface area contributed by atoms with Gasteiger partial charge in [-0.2, -0.15) is 0 Å². The molecule has 1 heterocycles. The van der Waals surface area contributed by atoms with E-state index in [9.17, 15) is 0 Å². The van der Waals surface area contributed by atoms with Crippen LogP contribution in [0.25, 0.3) is 0 Å². The Morgan fingerprint density at radius 3 is 1.52 bits per heavy atom. The highest BCUT2D eigenvalue weighted by atomic mass is 35.5. The third-order valence-electron chi connectivity index (χ3n) is 9.86. The molecule has 0 saturated carbocycles. The molecule has 1 aliphatic carbocycles. The molecule has 8 heteroatoms. The number of hydrogen-bond donors (Lipinski definition) is 0. The first-order valence-corrected chi connectivity index (χ1v) is 16.5. The second-order valence-electron chi connectivity index (χ2n) is 12.6. The van der Waals surface area contributed by atoms with Crippen LogP contribution < -0.4 is 18.9 Å². The van der Waals surface area contributed by atoms with Crippen molar-refractivity contribution in [3.8, 4) is 23.0 Å². The number of methoxy groups -OCH3 is 4. The quantitative estimate of drug-likeness (QED) is 0.143. The monoisotopic (exact) mass is 672 g/mol. The molecule has 0 unspecified atom stereocenters. The Balaban J connectivity index is 0.00000288. The van der Waals surface area contributed by atoms with E-state index in [-0.39, 0.29) is 30.2 Å². The van der Waals surface area contributed by atoms with Gasteiger partial charge in [0, 0.05) is 49.3 Å². The number of nitrogens with zero attached hydrogens (tertiary/aromatic N) is 2. The zero-order chi connectivity index (χ0) is 30.8. The number of piperazine rings is 1. The SMILES string of the molecule is COc1c2c(c(OC)c(OC)c1OC)CC(CCCCCCCCN1CCN(Cc3ccccc3)CC1)(c1ccccc1)C2.Cl.Cl. The summed E-state index contributed by atoms with van der Waals surface area (Å²) in [6.45, 7) is 7.08. The van der Waals surface area contributed by atoms with Gasteiger partial charge in [-0.15, -0.1) is 24.8 Å². The number of benzene rings is 3. The topological polar surface area (TPSA) is 43.4 Å². The van der Waals surface area contributed by atoms with Crippen LogP contribution in [-0.4, -0.2) is 71.0 Å². The van der Waals surface area contributed by atoms with Crippen LogP contribution >= 0.6 is 24.8 Å². The summed E-state index contributed by atoms with van der Waals surface area (Å²) in [7, 11) is 6.77. The molecule has 1 aliphatic heterocycles. The van der Waals surface area contributed by atoms with E-state index in [4.69, 9.17) is 18.9 Å². The summed E-state index contributed by atoms with van der Waals surface area (Å²) >= 11 is 0. The van der Waals surface area contributed by atoms with Crippen LogP contribution in [0.1, 0.15) is 67.2 Å². The van der Waals surface area contributed by atoms with Crippen molar-refractivity contribution in [3.05, 3.63) is 82.9 Å². The summed E-state index contributed by atoms with van der Waals surface area (Å²) in [4.78, 5) is 5.26. The molecule has 0 atom stereocenters. The van der Waals surface area contributed by atoms with Crippen molar-refractivity contribution >= 4 is 24.8 Å². The molecule has 0 bridgehead atoms. The van der Waals surface area contributed by atoms with Crippen LogP contribution in [0.15, 0.2) is 60.7 Å². The first-order chi connectivity index (χ1) is 21.6. The molecule has 2 aliphatic rings. The molecule has 0 amide bonds. The fourth-order valence-electron chi connectivity index (χ4n) is 7.51. The zero-order valence-electron chi connectivity index (χ0n) is 28.2. The lowest BCUT2D eigenvalue weighted by Gasteiger charge is -2.34. The van der Waals surface area contributed by atoms with E-state index >= 15 is 0 Å². The molecule has 254 valence electrons. The largest absolute Gasteiger partial charge is 0.492 e. The molecule has 0 N–H and O–H groups in total. The Hall–Kier alpha value is -2.64. The first kappa shape index (κ1) is 37.8. The summed E-state index contributed by atoms with van der Waals surface area (Å²) < 4.78 is 23.4. The first-order valence-electron chi connectivity index (χ1n) is 16.5. The van der Waals surface area contributed by atoms with Crippen molar-refractivity contribution < 1.29 is 18.9 Å². The summed E-state index contributed by atoms with van der Waals surface area (Å²) in [5, 5.41) is 0. The van der Waals surface area contributed by atoms with Crippen LogP contribution in [0.4, 0.5) is 0 Å². The Morgan fingerprint density at radius 2 is 1.00 bits per heavy atom. The minimum atomic E-state index is 0. The lowest BCUT2D eigenvalue weighted by atomic mass is 9.74. The molecule has 46 heavy (non-hydrogen) atoms. The normalized spacial score (nSPS) is 15.7. The van der Waals surface area contributed by atoms with Gasteiger partial charge in [0.15, 0.2) is 11.5 Å². The van der Waals surface area contributed by atoms with Gasteiger partial charge in [-0.3, -0.25) is 4.90 Å².